The van der Waals surface area contributed by atoms with E-state index < -0.39 is 36.5 Å². The van der Waals surface area contributed by atoms with Crippen LogP contribution in [0.25, 0.3) is 0 Å². The van der Waals surface area contributed by atoms with Crippen molar-refractivity contribution in [2.45, 2.75) is 51.7 Å². The highest BCUT2D eigenvalue weighted by molar-refractivity contribution is 5.66. The van der Waals surface area contributed by atoms with Crippen molar-refractivity contribution in [3.05, 3.63) is 71.8 Å². The Hall–Kier alpha value is -2.74. The second kappa shape index (κ2) is 10.9. The van der Waals surface area contributed by atoms with Gasteiger partial charge in [-0.15, -0.1) is 0 Å². The highest BCUT2D eigenvalue weighted by Crippen LogP contribution is 2.29. The summed E-state index contributed by atoms with van der Waals surface area (Å²) < 4.78 is 28.5. The summed E-state index contributed by atoms with van der Waals surface area (Å²) in [5, 5.41) is 0. The number of esters is 2. The minimum atomic E-state index is -0.965. The van der Waals surface area contributed by atoms with E-state index in [4.69, 9.17) is 23.7 Å². The van der Waals surface area contributed by atoms with E-state index in [0.29, 0.717) is 6.61 Å². The molecule has 30 heavy (non-hydrogen) atoms. The van der Waals surface area contributed by atoms with E-state index in [1.54, 1.807) is 0 Å². The predicted molar refractivity (Wildman–Crippen MR) is 107 cm³/mol. The third-order valence-electron chi connectivity index (χ3n) is 4.57. The number of hydrogen-bond acceptors (Lipinski definition) is 7. The minimum absolute atomic E-state index is 0.0300. The van der Waals surface area contributed by atoms with Crippen LogP contribution in [0.2, 0.25) is 0 Å². The van der Waals surface area contributed by atoms with Crippen LogP contribution >= 0.6 is 0 Å². The maximum atomic E-state index is 11.6. The summed E-state index contributed by atoms with van der Waals surface area (Å²) in [5.41, 5.74) is 1.94. The SMILES string of the molecule is CC(=O)OC[C@H]1O[C@@H](OC(C)=O)[C@H](OCc2ccccc2)[C@@H]1OCc1ccccc1. The van der Waals surface area contributed by atoms with E-state index in [1.807, 2.05) is 60.7 Å². The third-order valence-corrected chi connectivity index (χ3v) is 4.57. The van der Waals surface area contributed by atoms with Gasteiger partial charge in [0, 0.05) is 13.8 Å². The molecule has 4 atom stereocenters. The number of carbonyl (C=O) groups excluding carboxylic acids is 2. The van der Waals surface area contributed by atoms with Crippen molar-refractivity contribution in [3.63, 3.8) is 0 Å². The highest BCUT2D eigenvalue weighted by Gasteiger charge is 2.48. The van der Waals surface area contributed by atoms with Gasteiger partial charge in [0.15, 0.2) is 0 Å². The molecular formula is C23H26O7. The molecule has 1 aliphatic heterocycles. The smallest absolute Gasteiger partial charge is 0.305 e. The fourth-order valence-corrected chi connectivity index (χ4v) is 3.19. The standard InChI is InChI=1S/C23H26O7/c1-16(24)26-15-20-21(27-13-18-9-5-3-6-10-18)22(23(30-20)29-17(2)25)28-14-19-11-7-4-8-12-19/h3-12,20-23H,13-15H2,1-2H3/t20-,21-,22-,23-/m1/s1. The summed E-state index contributed by atoms with van der Waals surface area (Å²) in [6.45, 7) is 3.19. The molecule has 0 aliphatic carbocycles. The van der Waals surface area contributed by atoms with Gasteiger partial charge in [0.2, 0.25) is 6.29 Å². The molecule has 160 valence electrons. The average molecular weight is 414 g/mol. The Balaban J connectivity index is 1.76. The molecule has 1 heterocycles. The van der Waals surface area contributed by atoms with Gasteiger partial charge in [-0.1, -0.05) is 60.7 Å². The van der Waals surface area contributed by atoms with Gasteiger partial charge in [-0.2, -0.15) is 0 Å². The van der Waals surface area contributed by atoms with Crippen molar-refractivity contribution >= 4 is 11.9 Å². The Morgan fingerprint density at radius 1 is 0.800 bits per heavy atom. The van der Waals surface area contributed by atoms with Gasteiger partial charge < -0.3 is 23.7 Å². The number of hydrogen-bond donors (Lipinski definition) is 0. The van der Waals surface area contributed by atoms with Crippen molar-refractivity contribution in [1.29, 1.82) is 0 Å². The second-order valence-corrected chi connectivity index (χ2v) is 6.98. The first-order chi connectivity index (χ1) is 14.5. The first-order valence-corrected chi connectivity index (χ1v) is 9.80. The molecule has 0 bridgehead atoms. The molecule has 0 radical (unpaired) electrons. The highest BCUT2D eigenvalue weighted by atomic mass is 16.7. The summed E-state index contributed by atoms with van der Waals surface area (Å²) in [6.07, 6.45) is -2.88. The maximum absolute atomic E-state index is 11.6. The minimum Gasteiger partial charge on any atom is -0.463 e. The Bertz CT molecular complexity index is 809. The van der Waals surface area contributed by atoms with Crippen LogP contribution in [0.15, 0.2) is 60.7 Å². The van der Waals surface area contributed by atoms with Crippen LogP contribution in [0.3, 0.4) is 0 Å². The molecule has 7 nitrogen and oxygen atoms in total. The Kier molecular flexibility index (Phi) is 7.96. The molecule has 1 saturated heterocycles. The summed E-state index contributed by atoms with van der Waals surface area (Å²) in [7, 11) is 0. The van der Waals surface area contributed by atoms with Crippen molar-refractivity contribution in [1.82, 2.24) is 0 Å². The number of rotatable bonds is 9. The molecule has 1 fully saturated rings. The second-order valence-electron chi connectivity index (χ2n) is 6.98. The van der Waals surface area contributed by atoms with Gasteiger partial charge in [0.25, 0.3) is 0 Å². The van der Waals surface area contributed by atoms with E-state index in [1.165, 1.54) is 13.8 Å². The third kappa shape index (κ3) is 6.38. The zero-order valence-electron chi connectivity index (χ0n) is 17.1. The number of benzene rings is 2. The Morgan fingerprint density at radius 3 is 1.83 bits per heavy atom. The van der Waals surface area contributed by atoms with E-state index in [9.17, 15) is 9.59 Å². The van der Waals surface area contributed by atoms with E-state index in [-0.39, 0.29) is 13.2 Å². The maximum Gasteiger partial charge on any atom is 0.305 e. The number of ether oxygens (including phenoxy) is 5. The molecular weight excluding hydrogens is 388 g/mol. The summed E-state index contributed by atoms with van der Waals surface area (Å²) in [5.74, 6) is -0.929. The molecule has 2 aromatic rings. The largest absolute Gasteiger partial charge is 0.463 e. The predicted octanol–water partition coefficient (Wildman–Crippen LogP) is 3.01. The van der Waals surface area contributed by atoms with E-state index in [2.05, 4.69) is 0 Å². The lowest BCUT2D eigenvalue weighted by Crippen LogP contribution is -2.40. The van der Waals surface area contributed by atoms with Crippen LogP contribution in [0.4, 0.5) is 0 Å². The molecule has 0 aromatic heterocycles. The Labute approximate surface area is 175 Å². The van der Waals surface area contributed by atoms with Crippen LogP contribution in [0.5, 0.6) is 0 Å². The average Bonchev–Trinajstić information content (AvgIpc) is 3.06. The van der Waals surface area contributed by atoms with Gasteiger partial charge in [0.1, 0.15) is 24.9 Å². The molecule has 0 unspecified atom stereocenters. The van der Waals surface area contributed by atoms with Crippen LogP contribution < -0.4 is 0 Å². The topological polar surface area (TPSA) is 80.3 Å². The van der Waals surface area contributed by atoms with Gasteiger partial charge in [0.05, 0.1) is 13.2 Å². The molecule has 1 aliphatic rings. The van der Waals surface area contributed by atoms with Gasteiger partial charge in [-0.25, -0.2) is 0 Å². The van der Waals surface area contributed by atoms with Crippen molar-refractivity contribution in [2.24, 2.45) is 0 Å². The van der Waals surface area contributed by atoms with Crippen molar-refractivity contribution in [2.75, 3.05) is 6.61 Å². The zero-order chi connectivity index (χ0) is 21.3. The fraction of sp³-hybridized carbons (Fsp3) is 0.391. The van der Waals surface area contributed by atoms with Gasteiger partial charge >= 0.3 is 11.9 Å². The lowest BCUT2D eigenvalue weighted by atomic mass is 10.1. The fourth-order valence-electron chi connectivity index (χ4n) is 3.19. The monoisotopic (exact) mass is 414 g/mol. The molecule has 0 saturated carbocycles. The molecule has 0 spiro atoms. The summed E-state index contributed by atoms with van der Waals surface area (Å²) in [6, 6.07) is 19.3. The summed E-state index contributed by atoms with van der Waals surface area (Å²) in [4.78, 5) is 22.9. The lowest BCUT2D eigenvalue weighted by molar-refractivity contribution is -0.195. The molecule has 7 heteroatoms. The van der Waals surface area contributed by atoms with Crippen LogP contribution in [0, 0.1) is 0 Å². The molecule has 2 aromatic carbocycles. The van der Waals surface area contributed by atoms with Crippen molar-refractivity contribution < 1.29 is 33.3 Å². The zero-order valence-corrected chi connectivity index (χ0v) is 17.1. The molecule has 3 rings (SSSR count). The van der Waals surface area contributed by atoms with Crippen LogP contribution in [-0.2, 0) is 46.5 Å². The normalized spacial score (nSPS) is 23.1. The van der Waals surface area contributed by atoms with Gasteiger partial charge in [-0.05, 0) is 11.1 Å². The summed E-state index contributed by atoms with van der Waals surface area (Å²) >= 11 is 0. The van der Waals surface area contributed by atoms with E-state index in [0.717, 1.165) is 11.1 Å². The van der Waals surface area contributed by atoms with Crippen LogP contribution in [0.1, 0.15) is 25.0 Å². The first-order valence-electron chi connectivity index (χ1n) is 9.80. The number of carbonyl (C=O) groups is 2. The molecule has 0 N–H and O–H groups in total. The molecule has 0 amide bonds. The quantitative estimate of drug-likeness (QED) is 0.584. The van der Waals surface area contributed by atoms with E-state index >= 15 is 0 Å². The Morgan fingerprint density at radius 2 is 1.33 bits per heavy atom. The first kappa shape index (κ1) is 22.0. The van der Waals surface area contributed by atoms with Crippen molar-refractivity contribution in [3.8, 4) is 0 Å². The lowest BCUT2D eigenvalue weighted by Gasteiger charge is -2.24. The van der Waals surface area contributed by atoms with Gasteiger partial charge in [-0.3, -0.25) is 9.59 Å². The van der Waals surface area contributed by atoms with Crippen LogP contribution in [-0.4, -0.2) is 43.1 Å².